The third-order valence-electron chi connectivity index (χ3n) is 5.58. The topological polar surface area (TPSA) is 119 Å². The molecule has 3 aromatic rings. The second-order valence-electron chi connectivity index (χ2n) is 7.99. The van der Waals surface area contributed by atoms with Gasteiger partial charge in [-0.2, -0.15) is 8.42 Å². The molecule has 0 aliphatic carbocycles. The van der Waals surface area contributed by atoms with Crippen LogP contribution in [0.1, 0.15) is 16.7 Å². The van der Waals surface area contributed by atoms with Gasteiger partial charge in [-0.25, -0.2) is 9.69 Å². The molecule has 0 aromatic heterocycles. The SMILES string of the molecule is COc1cc(/C=C2\C(=O)NC(=O)N(c3ccc(C)c(C)c3)C2=O)ccc1OS(=O)(=O)c1ccccc1. The summed E-state index contributed by atoms with van der Waals surface area (Å²) in [5.41, 5.74) is 2.26. The van der Waals surface area contributed by atoms with E-state index in [0.29, 0.717) is 11.3 Å². The molecule has 1 fully saturated rings. The van der Waals surface area contributed by atoms with Crippen molar-refractivity contribution in [3.8, 4) is 11.5 Å². The fourth-order valence-corrected chi connectivity index (χ4v) is 4.48. The van der Waals surface area contributed by atoms with Crippen LogP contribution in [-0.4, -0.2) is 33.4 Å². The molecule has 1 aliphatic rings. The number of ether oxygens (including phenoxy) is 1. The summed E-state index contributed by atoms with van der Waals surface area (Å²) in [6.45, 7) is 3.75. The number of carbonyl (C=O) groups excluding carboxylic acids is 3. The Hall–Kier alpha value is -4.44. The summed E-state index contributed by atoms with van der Waals surface area (Å²) in [5, 5.41) is 2.18. The first kappa shape index (κ1) is 24.7. The lowest BCUT2D eigenvalue weighted by Crippen LogP contribution is -2.54. The molecular weight excluding hydrogens is 484 g/mol. The number of nitrogens with one attached hydrogen (secondary N) is 1. The average molecular weight is 507 g/mol. The Balaban J connectivity index is 1.66. The minimum atomic E-state index is -4.11. The Kier molecular flexibility index (Phi) is 6.63. The molecule has 0 bridgehead atoms. The molecular formula is C26H22N2O7S. The quantitative estimate of drug-likeness (QED) is 0.307. The maximum Gasteiger partial charge on any atom is 0.339 e. The Bertz CT molecular complexity index is 1510. The van der Waals surface area contributed by atoms with Crippen molar-refractivity contribution in [1.29, 1.82) is 0 Å². The second-order valence-corrected chi connectivity index (χ2v) is 9.53. The van der Waals surface area contributed by atoms with Crippen LogP contribution in [0.4, 0.5) is 10.5 Å². The van der Waals surface area contributed by atoms with Crippen LogP contribution in [0.5, 0.6) is 11.5 Å². The first-order chi connectivity index (χ1) is 17.1. The standard InChI is InChI=1S/C26H22N2O7S/c1-16-9-11-19(13-17(16)2)28-25(30)21(24(29)27-26(28)31)14-18-10-12-22(23(15-18)34-3)35-36(32,33)20-7-5-4-6-8-20/h4-15H,1-3H3,(H,27,29,31)/b21-14+. The molecule has 0 atom stereocenters. The van der Waals surface area contributed by atoms with E-state index in [1.807, 2.05) is 13.8 Å². The third kappa shape index (κ3) is 4.84. The fraction of sp³-hybridized carbons (Fsp3) is 0.115. The van der Waals surface area contributed by atoms with Crippen molar-refractivity contribution in [2.75, 3.05) is 12.0 Å². The maximum absolute atomic E-state index is 13.2. The van der Waals surface area contributed by atoms with Gasteiger partial charge in [-0.05, 0) is 73.0 Å². The summed E-state index contributed by atoms with van der Waals surface area (Å²) in [5.74, 6) is -1.65. The molecule has 0 unspecified atom stereocenters. The summed E-state index contributed by atoms with van der Waals surface area (Å²) in [4.78, 5) is 39.0. The number of benzene rings is 3. The molecule has 4 rings (SSSR count). The normalized spacial score (nSPS) is 15.1. The van der Waals surface area contributed by atoms with E-state index in [9.17, 15) is 22.8 Å². The van der Waals surface area contributed by atoms with Gasteiger partial charge in [0.1, 0.15) is 10.5 Å². The molecule has 1 heterocycles. The lowest BCUT2D eigenvalue weighted by atomic mass is 10.0. The van der Waals surface area contributed by atoms with Gasteiger partial charge in [0.25, 0.3) is 11.8 Å². The highest BCUT2D eigenvalue weighted by molar-refractivity contribution is 7.87. The Labute approximate surface area is 208 Å². The van der Waals surface area contributed by atoms with Crippen LogP contribution in [-0.2, 0) is 19.7 Å². The zero-order valence-electron chi connectivity index (χ0n) is 19.6. The molecule has 3 aromatic carbocycles. The van der Waals surface area contributed by atoms with Crippen molar-refractivity contribution in [2.24, 2.45) is 0 Å². The highest BCUT2D eigenvalue weighted by atomic mass is 32.2. The molecule has 1 N–H and O–H groups in total. The van der Waals surface area contributed by atoms with E-state index in [4.69, 9.17) is 8.92 Å². The smallest absolute Gasteiger partial charge is 0.339 e. The summed E-state index contributed by atoms with van der Waals surface area (Å²) in [6, 6.07) is 16.1. The minimum Gasteiger partial charge on any atom is -0.493 e. The van der Waals surface area contributed by atoms with E-state index in [1.54, 1.807) is 36.4 Å². The van der Waals surface area contributed by atoms with Gasteiger partial charge in [-0.3, -0.25) is 14.9 Å². The number of imide groups is 2. The van der Waals surface area contributed by atoms with Gasteiger partial charge in [0, 0.05) is 0 Å². The number of hydrogen-bond donors (Lipinski definition) is 1. The molecule has 1 saturated heterocycles. The monoisotopic (exact) mass is 506 g/mol. The first-order valence-electron chi connectivity index (χ1n) is 10.8. The average Bonchev–Trinajstić information content (AvgIpc) is 2.85. The van der Waals surface area contributed by atoms with E-state index in [2.05, 4.69) is 5.32 Å². The summed E-state index contributed by atoms with van der Waals surface area (Å²) in [7, 11) is -2.79. The zero-order valence-corrected chi connectivity index (χ0v) is 20.5. The Morgan fingerprint density at radius 2 is 1.58 bits per heavy atom. The summed E-state index contributed by atoms with van der Waals surface area (Å²) >= 11 is 0. The van der Waals surface area contributed by atoms with Crippen molar-refractivity contribution in [2.45, 2.75) is 18.7 Å². The number of aryl methyl sites for hydroxylation is 2. The van der Waals surface area contributed by atoms with Gasteiger partial charge >= 0.3 is 16.1 Å². The molecule has 0 spiro atoms. The molecule has 0 saturated carbocycles. The van der Waals surface area contributed by atoms with E-state index in [0.717, 1.165) is 16.0 Å². The van der Waals surface area contributed by atoms with Crippen molar-refractivity contribution in [1.82, 2.24) is 5.32 Å². The highest BCUT2D eigenvalue weighted by Crippen LogP contribution is 2.32. The number of rotatable bonds is 6. The second kappa shape index (κ2) is 9.67. The van der Waals surface area contributed by atoms with E-state index in [1.165, 1.54) is 43.5 Å². The lowest BCUT2D eigenvalue weighted by molar-refractivity contribution is -0.122. The van der Waals surface area contributed by atoms with E-state index in [-0.39, 0.29) is 22.0 Å². The van der Waals surface area contributed by atoms with Crippen LogP contribution in [0.15, 0.2) is 77.2 Å². The molecule has 1 aliphatic heterocycles. The van der Waals surface area contributed by atoms with Gasteiger partial charge in [-0.15, -0.1) is 0 Å². The lowest BCUT2D eigenvalue weighted by Gasteiger charge is -2.26. The summed E-state index contributed by atoms with van der Waals surface area (Å²) < 4.78 is 35.7. The number of methoxy groups -OCH3 is 1. The highest BCUT2D eigenvalue weighted by Gasteiger charge is 2.37. The first-order valence-corrected chi connectivity index (χ1v) is 12.2. The van der Waals surface area contributed by atoms with E-state index >= 15 is 0 Å². The number of hydrogen-bond acceptors (Lipinski definition) is 7. The number of barbiturate groups is 1. The summed E-state index contributed by atoms with van der Waals surface area (Å²) in [6.07, 6.45) is 1.29. The molecule has 184 valence electrons. The predicted octanol–water partition coefficient (Wildman–Crippen LogP) is 3.75. The third-order valence-corrected chi connectivity index (χ3v) is 6.83. The van der Waals surface area contributed by atoms with Crippen molar-refractivity contribution in [3.63, 3.8) is 0 Å². The number of nitrogens with zero attached hydrogens (tertiary/aromatic N) is 1. The number of carbonyl (C=O) groups is 3. The van der Waals surface area contributed by atoms with Gasteiger partial charge in [0.15, 0.2) is 11.5 Å². The van der Waals surface area contributed by atoms with Gasteiger partial charge in [0.2, 0.25) is 0 Å². The fourth-order valence-electron chi connectivity index (χ4n) is 3.52. The van der Waals surface area contributed by atoms with Crippen molar-refractivity contribution in [3.05, 3.63) is 89.0 Å². The van der Waals surface area contributed by atoms with Crippen LogP contribution < -0.4 is 19.1 Å². The molecule has 36 heavy (non-hydrogen) atoms. The van der Waals surface area contributed by atoms with Crippen LogP contribution in [0.2, 0.25) is 0 Å². The maximum atomic E-state index is 13.2. The number of urea groups is 1. The largest absolute Gasteiger partial charge is 0.493 e. The Morgan fingerprint density at radius 1 is 0.861 bits per heavy atom. The molecule has 4 amide bonds. The van der Waals surface area contributed by atoms with E-state index < -0.39 is 28.0 Å². The van der Waals surface area contributed by atoms with Gasteiger partial charge in [0.05, 0.1) is 12.8 Å². The van der Waals surface area contributed by atoms with Crippen molar-refractivity contribution < 1.29 is 31.7 Å². The Morgan fingerprint density at radius 3 is 2.25 bits per heavy atom. The van der Waals surface area contributed by atoms with Crippen LogP contribution in [0.25, 0.3) is 6.08 Å². The number of anilines is 1. The van der Waals surface area contributed by atoms with Gasteiger partial charge < -0.3 is 8.92 Å². The van der Waals surface area contributed by atoms with Gasteiger partial charge in [-0.1, -0.05) is 30.3 Å². The van der Waals surface area contributed by atoms with Crippen LogP contribution in [0, 0.1) is 13.8 Å². The predicted molar refractivity (Wildman–Crippen MR) is 132 cm³/mol. The van der Waals surface area contributed by atoms with Crippen LogP contribution in [0.3, 0.4) is 0 Å². The van der Waals surface area contributed by atoms with Crippen molar-refractivity contribution >= 4 is 39.7 Å². The molecule has 0 radical (unpaired) electrons. The molecule has 9 nitrogen and oxygen atoms in total. The minimum absolute atomic E-state index is 0.0289. The molecule has 10 heteroatoms. The van der Waals surface area contributed by atoms with Crippen LogP contribution >= 0.6 is 0 Å². The zero-order chi connectivity index (χ0) is 26.0. The number of amides is 4.